The van der Waals surface area contributed by atoms with E-state index in [2.05, 4.69) is 5.10 Å². The summed E-state index contributed by atoms with van der Waals surface area (Å²) in [5.41, 5.74) is 0.693. The average molecular weight is 288 g/mol. The van der Waals surface area contributed by atoms with Gasteiger partial charge in [0.1, 0.15) is 5.56 Å². The lowest BCUT2D eigenvalue weighted by molar-refractivity contribution is -0.143. The van der Waals surface area contributed by atoms with Crippen molar-refractivity contribution in [1.82, 2.24) is 9.78 Å². The minimum absolute atomic E-state index is 0.0446. The number of H-pyrrole nitrogens is 1. The molecule has 0 aliphatic heterocycles. The first-order valence-electron chi connectivity index (χ1n) is 6.67. The van der Waals surface area contributed by atoms with Crippen LogP contribution in [-0.2, 0) is 16.0 Å². The van der Waals surface area contributed by atoms with Gasteiger partial charge in [-0.1, -0.05) is 18.2 Å². The smallest absolute Gasteiger partial charge is 0.306 e. The Kier molecular flexibility index (Phi) is 4.71. The van der Waals surface area contributed by atoms with Crippen molar-refractivity contribution in [1.29, 1.82) is 0 Å². The summed E-state index contributed by atoms with van der Waals surface area (Å²) in [6.07, 6.45) is 0.879. The lowest BCUT2D eigenvalue weighted by atomic mass is 10.2. The van der Waals surface area contributed by atoms with E-state index in [1.165, 1.54) is 4.68 Å². The van der Waals surface area contributed by atoms with Crippen LogP contribution in [0.2, 0.25) is 0 Å². The highest BCUT2D eigenvalue weighted by Gasteiger charge is 2.15. The van der Waals surface area contributed by atoms with Crippen LogP contribution in [0.1, 0.15) is 29.4 Å². The summed E-state index contributed by atoms with van der Waals surface area (Å²) >= 11 is 0. The molecular weight excluding hydrogens is 272 g/mol. The van der Waals surface area contributed by atoms with Crippen LogP contribution in [0.15, 0.2) is 35.1 Å². The number of nitrogens with one attached hydrogen (secondary N) is 1. The third kappa shape index (κ3) is 3.28. The van der Waals surface area contributed by atoms with Crippen molar-refractivity contribution in [2.45, 2.75) is 19.8 Å². The van der Waals surface area contributed by atoms with Crippen molar-refractivity contribution in [3.05, 3.63) is 51.9 Å². The molecule has 110 valence electrons. The van der Waals surface area contributed by atoms with Gasteiger partial charge < -0.3 is 4.74 Å². The molecule has 2 rings (SSSR count). The van der Waals surface area contributed by atoms with Crippen LogP contribution < -0.4 is 5.56 Å². The number of nitrogens with zero attached hydrogens (tertiary/aromatic N) is 1. The van der Waals surface area contributed by atoms with E-state index < -0.39 is 5.56 Å². The molecule has 1 heterocycles. The largest absolute Gasteiger partial charge is 0.466 e. The topological polar surface area (TPSA) is 81.2 Å². The molecule has 1 N–H and O–H groups in total. The fourth-order valence-electron chi connectivity index (χ4n) is 2.03. The van der Waals surface area contributed by atoms with Crippen LogP contribution >= 0.6 is 0 Å². The Morgan fingerprint density at radius 2 is 2.05 bits per heavy atom. The van der Waals surface area contributed by atoms with Crippen molar-refractivity contribution in [2.24, 2.45) is 0 Å². The molecule has 1 aromatic heterocycles. The van der Waals surface area contributed by atoms with Crippen LogP contribution in [0, 0.1) is 0 Å². The molecule has 6 nitrogen and oxygen atoms in total. The van der Waals surface area contributed by atoms with Gasteiger partial charge in [-0.3, -0.25) is 19.5 Å². The molecule has 1 aromatic carbocycles. The number of aryl methyl sites for hydroxylation is 1. The van der Waals surface area contributed by atoms with E-state index in [-0.39, 0.29) is 24.4 Å². The predicted octanol–water partition coefficient (Wildman–Crippen LogP) is 1.47. The fourth-order valence-corrected chi connectivity index (χ4v) is 2.03. The number of aldehydes is 1. The van der Waals surface area contributed by atoms with Crippen LogP contribution in [0.25, 0.3) is 5.69 Å². The highest BCUT2D eigenvalue weighted by molar-refractivity contribution is 5.77. The lowest BCUT2D eigenvalue weighted by Crippen LogP contribution is -2.16. The second-order valence-corrected chi connectivity index (χ2v) is 4.40. The SMILES string of the molecule is CCOC(=O)CCc1[nH]n(-c2ccccc2)c(=O)c1C=O. The first-order valence-corrected chi connectivity index (χ1v) is 6.67. The van der Waals surface area contributed by atoms with Crippen LogP contribution in [0.3, 0.4) is 0 Å². The quantitative estimate of drug-likeness (QED) is 0.644. The minimum Gasteiger partial charge on any atom is -0.466 e. The van der Waals surface area contributed by atoms with Crippen LogP contribution in [0.4, 0.5) is 0 Å². The second-order valence-electron chi connectivity index (χ2n) is 4.40. The number of benzene rings is 1. The number of aromatic amines is 1. The van der Waals surface area contributed by atoms with Crippen LogP contribution in [-0.4, -0.2) is 28.6 Å². The molecule has 0 unspecified atom stereocenters. The molecule has 2 aromatic rings. The number of carbonyl (C=O) groups excluding carboxylic acids is 2. The number of aromatic nitrogens is 2. The fraction of sp³-hybridized carbons (Fsp3) is 0.267. The third-order valence-electron chi connectivity index (χ3n) is 3.02. The Morgan fingerprint density at radius 3 is 2.67 bits per heavy atom. The number of esters is 1. The Labute approximate surface area is 121 Å². The van der Waals surface area contributed by atoms with Gasteiger partial charge in [0, 0.05) is 12.1 Å². The summed E-state index contributed by atoms with van der Waals surface area (Å²) in [6.45, 7) is 2.03. The van der Waals surface area contributed by atoms with E-state index in [0.29, 0.717) is 24.3 Å². The maximum absolute atomic E-state index is 12.2. The second kappa shape index (κ2) is 6.69. The standard InChI is InChI=1S/C15H16N2O4/c1-2-21-14(19)9-8-13-12(10-18)15(20)17(16-13)11-6-4-3-5-7-11/h3-7,10,16H,2,8-9H2,1H3. The molecule has 0 bridgehead atoms. The molecule has 0 spiro atoms. The molecule has 0 atom stereocenters. The van der Waals surface area contributed by atoms with Gasteiger partial charge >= 0.3 is 5.97 Å². The predicted molar refractivity (Wildman–Crippen MR) is 76.7 cm³/mol. The zero-order valence-electron chi connectivity index (χ0n) is 11.7. The van der Waals surface area contributed by atoms with E-state index in [9.17, 15) is 14.4 Å². The Balaban J connectivity index is 2.29. The molecule has 21 heavy (non-hydrogen) atoms. The van der Waals surface area contributed by atoms with Crippen molar-refractivity contribution in [3.8, 4) is 5.69 Å². The summed E-state index contributed by atoms with van der Waals surface area (Å²) in [5, 5.41) is 2.88. The van der Waals surface area contributed by atoms with Crippen molar-refractivity contribution in [2.75, 3.05) is 6.61 Å². The summed E-state index contributed by atoms with van der Waals surface area (Å²) in [4.78, 5) is 34.7. The number of hydrogen-bond donors (Lipinski definition) is 1. The maximum Gasteiger partial charge on any atom is 0.306 e. The Hall–Kier alpha value is -2.63. The molecule has 0 amide bonds. The first-order chi connectivity index (χ1) is 10.2. The highest BCUT2D eigenvalue weighted by Crippen LogP contribution is 2.08. The molecule has 6 heteroatoms. The summed E-state index contributed by atoms with van der Waals surface area (Å²) in [7, 11) is 0. The van der Waals surface area contributed by atoms with Gasteiger partial charge in [-0.05, 0) is 19.1 Å². The maximum atomic E-state index is 12.2. The highest BCUT2D eigenvalue weighted by atomic mass is 16.5. The average Bonchev–Trinajstić information content (AvgIpc) is 2.82. The number of hydrogen-bond acceptors (Lipinski definition) is 4. The van der Waals surface area contributed by atoms with Crippen molar-refractivity contribution >= 4 is 12.3 Å². The summed E-state index contributed by atoms with van der Waals surface area (Å²) in [5.74, 6) is -0.359. The van der Waals surface area contributed by atoms with E-state index in [1.807, 2.05) is 6.07 Å². The van der Waals surface area contributed by atoms with Gasteiger partial charge in [0.15, 0.2) is 6.29 Å². The van der Waals surface area contributed by atoms with Crippen LogP contribution in [0.5, 0.6) is 0 Å². The Bertz CT molecular complexity index is 685. The van der Waals surface area contributed by atoms with E-state index >= 15 is 0 Å². The Morgan fingerprint density at radius 1 is 1.33 bits per heavy atom. The lowest BCUT2D eigenvalue weighted by Gasteiger charge is -2.02. The third-order valence-corrected chi connectivity index (χ3v) is 3.02. The zero-order chi connectivity index (χ0) is 15.2. The van der Waals surface area contributed by atoms with E-state index in [1.54, 1.807) is 31.2 Å². The van der Waals surface area contributed by atoms with Crippen molar-refractivity contribution in [3.63, 3.8) is 0 Å². The molecule has 0 saturated carbocycles. The molecular formula is C15H16N2O4. The van der Waals surface area contributed by atoms with E-state index in [0.717, 1.165) is 0 Å². The normalized spacial score (nSPS) is 10.3. The van der Waals surface area contributed by atoms with Gasteiger partial charge in [0.25, 0.3) is 5.56 Å². The number of para-hydroxylation sites is 1. The molecule has 0 radical (unpaired) electrons. The minimum atomic E-state index is -0.421. The van der Waals surface area contributed by atoms with Gasteiger partial charge in [-0.25, -0.2) is 4.68 Å². The summed E-state index contributed by atoms with van der Waals surface area (Å²) in [6, 6.07) is 8.92. The monoisotopic (exact) mass is 288 g/mol. The molecule has 0 fully saturated rings. The molecule has 0 aliphatic carbocycles. The summed E-state index contributed by atoms with van der Waals surface area (Å²) < 4.78 is 6.13. The van der Waals surface area contributed by atoms with Crippen molar-refractivity contribution < 1.29 is 14.3 Å². The number of rotatable bonds is 6. The number of ether oxygens (including phenoxy) is 1. The molecule has 0 aliphatic rings. The van der Waals surface area contributed by atoms with Gasteiger partial charge in [-0.2, -0.15) is 0 Å². The zero-order valence-corrected chi connectivity index (χ0v) is 11.7. The number of carbonyl (C=O) groups is 2. The first kappa shape index (κ1) is 14.8. The van der Waals surface area contributed by atoms with Gasteiger partial charge in [0.05, 0.1) is 18.7 Å². The van der Waals surface area contributed by atoms with E-state index in [4.69, 9.17) is 4.74 Å². The van der Waals surface area contributed by atoms with Gasteiger partial charge in [-0.15, -0.1) is 0 Å². The molecule has 0 saturated heterocycles. The van der Waals surface area contributed by atoms with Gasteiger partial charge in [0.2, 0.25) is 0 Å².